The van der Waals surface area contributed by atoms with E-state index in [9.17, 15) is 4.79 Å². The summed E-state index contributed by atoms with van der Waals surface area (Å²) in [5, 5.41) is 5.39. The van der Waals surface area contributed by atoms with Crippen LogP contribution in [0.5, 0.6) is 0 Å². The van der Waals surface area contributed by atoms with Gasteiger partial charge < -0.3 is 14.5 Å². The maximum absolute atomic E-state index is 12.5. The zero-order valence-electron chi connectivity index (χ0n) is 22.3. The minimum Gasteiger partial charge on any atom is -0.365 e. The van der Waals surface area contributed by atoms with Crippen molar-refractivity contribution in [3.63, 3.8) is 0 Å². The van der Waals surface area contributed by atoms with Gasteiger partial charge in [0.2, 0.25) is 0 Å². The number of anilines is 1. The van der Waals surface area contributed by atoms with Crippen LogP contribution in [0.15, 0.2) is 33.9 Å². The Labute approximate surface area is 236 Å². The normalized spacial score (nSPS) is 22.4. The third-order valence-corrected chi connectivity index (χ3v) is 8.97. The molecule has 10 heteroatoms. The first-order chi connectivity index (χ1) is 18.3. The van der Waals surface area contributed by atoms with Crippen molar-refractivity contribution in [1.82, 2.24) is 24.6 Å². The van der Waals surface area contributed by atoms with E-state index < -0.39 is 0 Å². The van der Waals surface area contributed by atoms with E-state index in [1.807, 2.05) is 17.0 Å². The van der Waals surface area contributed by atoms with Gasteiger partial charge in [-0.25, -0.2) is 9.97 Å². The minimum atomic E-state index is -0.371. The summed E-state index contributed by atoms with van der Waals surface area (Å²) in [7, 11) is 3.51. The number of aryl methyl sites for hydroxylation is 1. The Bertz CT molecular complexity index is 1410. The van der Waals surface area contributed by atoms with Crippen LogP contribution in [-0.4, -0.2) is 57.5 Å². The first-order valence-corrected chi connectivity index (χ1v) is 15.2. The molecule has 0 saturated heterocycles. The van der Waals surface area contributed by atoms with Gasteiger partial charge in [0.1, 0.15) is 5.82 Å². The third-order valence-electron chi connectivity index (χ3n) is 7.93. The summed E-state index contributed by atoms with van der Waals surface area (Å²) >= 11 is 5.27. The Kier molecular flexibility index (Phi) is 6.76. The molecule has 8 nitrogen and oxygen atoms in total. The topological polar surface area (TPSA) is 76.4 Å². The van der Waals surface area contributed by atoms with Gasteiger partial charge in [-0.3, -0.25) is 9.48 Å². The van der Waals surface area contributed by atoms with Crippen LogP contribution in [0.3, 0.4) is 0 Å². The van der Waals surface area contributed by atoms with Crippen molar-refractivity contribution in [1.29, 1.82) is 0 Å². The highest BCUT2D eigenvalue weighted by Crippen LogP contribution is 2.48. The van der Waals surface area contributed by atoms with Crippen LogP contribution in [0, 0.1) is 5.92 Å². The molecule has 0 fully saturated rings. The Morgan fingerprint density at radius 3 is 2.87 bits per heavy atom. The van der Waals surface area contributed by atoms with Gasteiger partial charge in [0.05, 0.1) is 30.1 Å². The maximum Gasteiger partial charge on any atom is 0.273 e. The summed E-state index contributed by atoms with van der Waals surface area (Å²) in [6.45, 7) is 5.08. The molecule has 1 amide bonds. The summed E-state index contributed by atoms with van der Waals surface area (Å²) in [5.74, 6) is 1.41. The van der Waals surface area contributed by atoms with Crippen LogP contribution < -0.4 is 4.90 Å². The number of fused-ring (bicyclic) bond motifs is 4. The highest BCUT2D eigenvalue weighted by Gasteiger charge is 2.44. The Morgan fingerprint density at radius 1 is 1.24 bits per heavy atom. The monoisotopic (exact) mass is 596 g/mol. The summed E-state index contributed by atoms with van der Waals surface area (Å²) < 4.78 is 9.91. The number of ether oxygens (including phenoxy) is 1. The van der Waals surface area contributed by atoms with E-state index in [0.717, 1.165) is 71.2 Å². The van der Waals surface area contributed by atoms with Gasteiger partial charge >= 0.3 is 0 Å². The minimum absolute atomic E-state index is 0.0754. The molecule has 2 atom stereocenters. The molecule has 3 aromatic rings. The SMILES string of the molecule is CSc1nc2c(c(N3CCCn4nc(C(=O)N(C)C)cc4C3)n1)COC1(C2)CC(C)Cc2ccc(Br)cc21. The average Bonchev–Trinajstić information content (AvgIpc) is 3.19. The van der Waals surface area contributed by atoms with Crippen LogP contribution in [0.1, 0.15) is 58.3 Å². The number of benzene rings is 1. The third kappa shape index (κ3) is 4.54. The van der Waals surface area contributed by atoms with Crippen molar-refractivity contribution >= 4 is 39.4 Å². The number of carbonyl (C=O) groups excluding carboxylic acids is 1. The maximum atomic E-state index is 12.5. The summed E-state index contributed by atoms with van der Waals surface area (Å²) in [5.41, 5.74) is 5.98. The van der Waals surface area contributed by atoms with Gasteiger partial charge in [-0.2, -0.15) is 5.10 Å². The number of carbonyl (C=O) groups is 1. The molecule has 0 saturated carbocycles. The van der Waals surface area contributed by atoms with Gasteiger partial charge in [-0.15, -0.1) is 0 Å². The fraction of sp³-hybridized carbons (Fsp3) is 0.500. The lowest BCUT2D eigenvalue weighted by Crippen LogP contribution is -2.42. The van der Waals surface area contributed by atoms with Crippen LogP contribution in [0.25, 0.3) is 0 Å². The molecule has 200 valence electrons. The fourth-order valence-electron chi connectivity index (χ4n) is 6.23. The number of hydrogen-bond donors (Lipinski definition) is 0. The first kappa shape index (κ1) is 25.8. The van der Waals surface area contributed by atoms with Crippen molar-refractivity contribution in [3.8, 4) is 0 Å². The average molecular weight is 598 g/mol. The van der Waals surface area contributed by atoms with Crippen LogP contribution in [-0.2, 0) is 42.9 Å². The zero-order valence-corrected chi connectivity index (χ0v) is 24.7. The van der Waals surface area contributed by atoms with Gasteiger partial charge in [0, 0.05) is 43.6 Å². The predicted molar refractivity (Wildman–Crippen MR) is 152 cm³/mol. The Balaban J connectivity index is 1.37. The van der Waals surface area contributed by atoms with Crippen molar-refractivity contribution in [3.05, 3.63) is 62.5 Å². The second-order valence-corrected chi connectivity index (χ2v) is 12.6. The van der Waals surface area contributed by atoms with Crippen LogP contribution >= 0.6 is 27.7 Å². The fourth-order valence-corrected chi connectivity index (χ4v) is 6.97. The second-order valence-electron chi connectivity index (χ2n) is 11.0. The highest BCUT2D eigenvalue weighted by atomic mass is 79.9. The van der Waals surface area contributed by atoms with Crippen LogP contribution in [0.4, 0.5) is 5.82 Å². The van der Waals surface area contributed by atoms with Gasteiger partial charge in [0.15, 0.2) is 10.9 Å². The van der Waals surface area contributed by atoms with Gasteiger partial charge in [0.25, 0.3) is 5.91 Å². The summed E-state index contributed by atoms with van der Waals surface area (Å²) in [6, 6.07) is 8.54. The lowest BCUT2D eigenvalue weighted by molar-refractivity contribution is -0.0939. The molecule has 6 rings (SSSR count). The molecule has 38 heavy (non-hydrogen) atoms. The number of aromatic nitrogens is 4. The van der Waals surface area contributed by atoms with Crippen molar-refractivity contribution in [2.24, 2.45) is 5.92 Å². The lowest BCUT2D eigenvalue weighted by atomic mass is 9.71. The van der Waals surface area contributed by atoms with Crippen LogP contribution in [0.2, 0.25) is 0 Å². The molecule has 0 N–H and O–H groups in total. The highest BCUT2D eigenvalue weighted by molar-refractivity contribution is 9.10. The molecule has 2 unspecified atom stereocenters. The molecule has 2 aliphatic heterocycles. The van der Waals surface area contributed by atoms with Gasteiger partial charge in [-0.05, 0) is 60.8 Å². The number of amides is 1. The van der Waals surface area contributed by atoms with E-state index in [4.69, 9.17) is 14.7 Å². The smallest absolute Gasteiger partial charge is 0.273 e. The number of thioether (sulfide) groups is 1. The number of nitrogens with zero attached hydrogens (tertiary/aromatic N) is 6. The number of hydrogen-bond acceptors (Lipinski definition) is 7. The quantitative estimate of drug-likeness (QED) is 0.317. The van der Waals surface area contributed by atoms with Crippen molar-refractivity contribution in [2.45, 2.75) is 63.1 Å². The standard InChI is InChI=1S/C28H33BrN6O2S/c1-17-10-18-6-7-19(29)11-22(18)28(13-17)14-24-21(16-37-28)25(31-27(30-24)38-4)34-8-5-9-35-20(15-34)12-23(32-35)26(36)33(2)3/h6-7,11-12,17H,5,8-10,13-16H2,1-4H3. The number of halogens is 1. The largest absolute Gasteiger partial charge is 0.365 e. The van der Waals surface area contributed by atoms with E-state index in [0.29, 0.717) is 24.8 Å². The van der Waals surface area contributed by atoms with Crippen molar-refractivity contribution in [2.75, 3.05) is 31.8 Å². The molecule has 0 radical (unpaired) electrons. The lowest BCUT2D eigenvalue weighted by Gasteiger charge is -2.45. The first-order valence-electron chi connectivity index (χ1n) is 13.2. The molecule has 4 heterocycles. The Hall–Kier alpha value is -2.43. The molecular formula is C28H33BrN6O2S. The second kappa shape index (κ2) is 9.95. The van der Waals surface area contributed by atoms with E-state index in [-0.39, 0.29) is 11.5 Å². The molecule has 1 aliphatic carbocycles. The van der Waals surface area contributed by atoms with E-state index in [1.54, 1.807) is 30.8 Å². The molecule has 2 aromatic heterocycles. The summed E-state index contributed by atoms with van der Waals surface area (Å²) in [4.78, 5) is 26.5. The van der Waals surface area contributed by atoms with E-state index in [1.165, 1.54) is 11.1 Å². The van der Waals surface area contributed by atoms with E-state index in [2.05, 4.69) is 51.1 Å². The van der Waals surface area contributed by atoms with Gasteiger partial charge in [-0.1, -0.05) is 40.7 Å². The molecular weight excluding hydrogens is 564 g/mol. The Morgan fingerprint density at radius 2 is 2.08 bits per heavy atom. The molecule has 3 aliphatic rings. The number of rotatable bonds is 3. The molecule has 1 aromatic carbocycles. The summed E-state index contributed by atoms with van der Waals surface area (Å²) in [6.07, 6.45) is 5.75. The molecule has 1 spiro atoms. The zero-order chi connectivity index (χ0) is 26.6. The molecule has 0 bridgehead atoms. The predicted octanol–water partition coefficient (Wildman–Crippen LogP) is 4.82. The van der Waals surface area contributed by atoms with Crippen molar-refractivity contribution < 1.29 is 9.53 Å². The van der Waals surface area contributed by atoms with E-state index >= 15 is 0 Å².